The van der Waals surface area contributed by atoms with E-state index < -0.39 is 0 Å². The maximum Gasteiger partial charge on any atom is 0.0760 e. The molecule has 0 bridgehead atoms. The SMILES string of the molecule is CCCNCC(C(C)C)N1CC(C)(C)OC(C)(C)C1. The van der Waals surface area contributed by atoms with Crippen molar-refractivity contribution >= 4 is 0 Å². The summed E-state index contributed by atoms with van der Waals surface area (Å²) in [6.07, 6.45) is 1.20. The molecule has 1 aliphatic rings. The van der Waals surface area contributed by atoms with Crippen molar-refractivity contribution in [1.82, 2.24) is 10.2 Å². The van der Waals surface area contributed by atoms with Gasteiger partial charge < -0.3 is 10.1 Å². The lowest BCUT2D eigenvalue weighted by Crippen LogP contribution is -2.62. The van der Waals surface area contributed by atoms with Gasteiger partial charge in [0.2, 0.25) is 0 Å². The Bertz CT molecular complexity index is 258. The zero-order valence-corrected chi connectivity index (χ0v) is 14.0. The predicted molar refractivity (Wildman–Crippen MR) is 82.6 cm³/mol. The van der Waals surface area contributed by atoms with E-state index in [4.69, 9.17) is 4.74 Å². The molecule has 1 saturated heterocycles. The zero-order chi connectivity index (χ0) is 14.7. The summed E-state index contributed by atoms with van der Waals surface area (Å²) in [5.74, 6) is 0.661. The molecule has 1 N–H and O–H groups in total. The monoisotopic (exact) mass is 270 g/mol. The van der Waals surface area contributed by atoms with Gasteiger partial charge in [-0.15, -0.1) is 0 Å². The molecule has 0 aromatic heterocycles. The summed E-state index contributed by atoms with van der Waals surface area (Å²) >= 11 is 0. The van der Waals surface area contributed by atoms with Crippen LogP contribution in [0.2, 0.25) is 0 Å². The Hall–Kier alpha value is -0.120. The van der Waals surface area contributed by atoms with Crippen LogP contribution < -0.4 is 5.32 Å². The Morgan fingerprint density at radius 3 is 2.05 bits per heavy atom. The van der Waals surface area contributed by atoms with Gasteiger partial charge in [-0.2, -0.15) is 0 Å². The second kappa shape index (κ2) is 6.55. The minimum Gasteiger partial charge on any atom is -0.367 e. The topological polar surface area (TPSA) is 24.5 Å². The molecule has 114 valence electrons. The number of hydrogen-bond acceptors (Lipinski definition) is 3. The quantitative estimate of drug-likeness (QED) is 0.751. The molecule has 0 aromatic carbocycles. The van der Waals surface area contributed by atoms with Gasteiger partial charge in [0.05, 0.1) is 11.2 Å². The van der Waals surface area contributed by atoms with Gasteiger partial charge in [0.15, 0.2) is 0 Å². The molecule has 1 heterocycles. The first-order chi connectivity index (χ1) is 8.67. The molecule has 1 fully saturated rings. The minimum atomic E-state index is -0.0559. The van der Waals surface area contributed by atoms with Gasteiger partial charge in [-0.25, -0.2) is 0 Å². The van der Waals surface area contributed by atoms with Crippen molar-refractivity contribution in [2.75, 3.05) is 26.2 Å². The molecular formula is C16H34N2O. The molecular weight excluding hydrogens is 236 g/mol. The first-order valence-corrected chi connectivity index (χ1v) is 7.82. The molecule has 3 nitrogen and oxygen atoms in total. The van der Waals surface area contributed by atoms with Crippen molar-refractivity contribution in [3.05, 3.63) is 0 Å². The number of rotatable bonds is 6. The van der Waals surface area contributed by atoms with Crippen LogP contribution in [0, 0.1) is 5.92 Å². The van der Waals surface area contributed by atoms with Crippen molar-refractivity contribution in [3.63, 3.8) is 0 Å². The fourth-order valence-electron chi connectivity index (χ4n) is 3.29. The summed E-state index contributed by atoms with van der Waals surface area (Å²) in [7, 11) is 0. The van der Waals surface area contributed by atoms with Crippen LogP contribution in [-0.4, -0.2) is 48.3 Å². The lowest BCUT2D eigenvalue weighted by molar-refractivity contribution is -0.189. The van der Waals surface area contributed by atoms with Crippen LogP contribution in [0.4, 0.5) is 0 Å². The molecule has 3 heteroatoms. The van der Waals surface area contributed by atoms with Crippen molar-refractivity contribution in [2.45, 2.75) is 72.1 Å². The molecule has 1 aliphatic heterocycles. The highest BCUT2D eigenvalue weighted by molar-refractivity contribution is 4.93. The summed E-state index contributed by atoms with van der Waals surface area (Å²) < 4.78 is 6.18. The van der Waals surface area contributed by atoms with E-state index in [2.05, 4.69) is 58.7 Å². The van der Waals surface area contributed by atoms with Crippen molar-refractivity contribution < 1.29 is 4.74 Å². The highest BCUT2D eigenvalue weighted by atomic mass is 16.5. The molecule has 1 unspecified atom stereocenters. The van der Waals surface area contributed by atoms with Crippen LogP contribution in [0.15, 0.2) is 0 Å². The highest BCUT2D eigenvalue weighted by Gasteiger charge is 2.40. The Morgan fingerprint density at radius 1 is 1.11 bits per heavy atom. The molecule has 0 radical (unpaired) electrons. The van der Waals surface area contributed by atoms with Crippen molar-refractivity contribution in [1.29, 1.82) is 0 Å². The standard InChI is InChI=1S/C16H34N2O/c1-8-9-17-10-14(13(2)3)18-11-15(4,5)19-16(6,7)12-18/h13-14,17H,8-12H2,1-7H3. The van der Waals surface area contributed by atoms with E-state index in [1.165, 1.54) is 6.42 Å². The fourth-order valence-corrected chi connectivity index (χ4v) is 3.29. The summed E-state index contributed by atoms with van der Waals surface area (Å²) in [5, 5.41) is 3.59. The van der Waals surface area contributed by atoms with Gasteiger partial charge in [-0.1, -0.05) is 20.8 Å². The lowest BCUT2D eigenvalue weighted by atomic mass is 9.93. The Morgan fingerprint density at radius 2 is 1.63 bits per heavy atom. The third-order valence-corrected chi connectivity index (χ3v) is 3.74. The van der Waals surface area contributed by atoms with Crippen LogP contribution in [0.1, 0.15) is 54.9 Å². The first-order valence-electron chi connectivity index (χ1n) is 7.82. The largest absolute Gasteiger partial charge is 0.367 e. The minimum absolute atomic E-state index is 0.0559. The Kier molecular flexibility index (Phi) is 5.84. The molecule has 0 saturated carbocycles. The van der Waals surface area contributed by atoms with Gasteiger partial charge >= 0.3 is 0 Å². The van der Waals surface area contributed by atoms with E-state index in [1.54, 1.807) is 0 Å². The number of morpholine rings is 1. The number of nitrogens with zero attached hydrogens (tertiary/aromatic N) is 1. The second-order valence-corrected chi connectivity index (χ2v) is 7.54. The normalized spacial score (nSPS) is 24.6. The van der Waals surface area contributed by atoms with E-state index in [-0.39, 0.29) is 11.2 Å². The van der Waals surface area contributed by atoms with Gasteiger partial charge in [0, 0.05) is 25.7 Å². The maximum absolute atomic E-state index is 6.18. The van der Waals surface area contributed by atoms with Crippen LogP contribution in [0.5, 0.6) is 0 Å². The molecule has 1 atom stereocenters. The number of hydrogen-bond donors (Lipinski definition) is 1. The van der Waals surface area contributed by atoms with Crippen molar-refractivity contribution in [2.24, 2.45) is 5.92 Å². The number of nitrogens with one attached hydrogen (secondary N) is 1. The Balaban J connectivity index is 2.72. The maximum atomic E-state index is 6.18. The molecule has 19 heavy (non-hydrogen) atoms. The van der Waals surface area contributed by atoms with E-state index in [1.807, 2.05) is 0 Å². The number of ether oxygens (including phenoxy) is 1. The van der Waals surface area contributed by atoms with Gasteiger partial charge in [-0.05, 0) is 46.6 Å². The smallest absolute Gasteiger partial charge is 0.0760 e. The summed E-state index contributed by atoms with van der Waals surface area (Å²) in [4.78, 5) is 2.62. The molecule has 1 rings (SSSR count). The Labute approximate surface area is 120 Å². The van der Waals surface area contributed by atoms with Crippen LogP contribution in [0.3, 0.4) is 0 Å². The van der Waals surface area contributed by atoms with E-state index in [0.717, 1.165) is 26.2 Å². The van der Waals surface area contributed by atoms with Gasteiger partial charge in [-0.3, -0.25) is 4.90 Å². The molecule has 0 aliphatic carbocycles. The summed E-state index contributed by atoms with van der Waals surface area (Å²) in [5.41, 5.74) is -0.112. The van der Waals surface area contributed by atoms with E-state index >= 15 is 0 Å². The third-order valence-electron chi connectivity index (χ3n) is 3.74. The summed E-state index contributed by atoms with van der Waals surface area (Å²) in [6.45, 7) is 19.9. The average Bonchev–Trinajstić information content (AvgIpc) is 2.19. The molecule has 0 spiro atoms. The van der Waals surface area contributed by atoms with Gasteiger partial charge in [0.25, 0.3) is 0 Å². The zero-order valence-electron chi connectivity index (χ0n) is 14.0. The molecule has 0 aromatic rings. The fraction of sp³-hybridized carbons (Fsp3) is 1.00. The summed E-state index contributed by atoms with van der Waals surface area (Å²) in [6, 6.07) is 0.592. The second-order valence-electron chi connectivity index (χ2n) is 7.54. The van der Waals surface area contributed by atoms with Gasteiger partial charge in [0.1, 0.15) is 0 Å². The van der Waals surface area contributed by atoms with E-state index in [0.29, 0.717) is 12.0 Å². The average molecular weight is 270 g/mol. The van der Waals surface area contributed by atoms with Crippen LogP contribution >= 0.6 is 0 Å². The van der Waals surface area contributed by atoms with E-state index in [9.17, 15) is 0 Å². The third kappa shape index (κ3) is 5.41. The van der Waals surface area contributed by atoms with Crippen molar-refractivity contribution in [3.8, 4) is 0 Å². The van der Waals surface area contributed by atoms with Crippen LogP contribution in [0.25, 0.3) is 0 Å². The highest BCUT2D eigenvalue weighted by Crippen LogP contribution is 2.30. The molecule has 0 amide bonds. The predicted octanol–water partition coefficient (Wildman–Crippen LogP) is 2.90. The first kappa shape index (κ1) is 16.9. The van der Waals surface area contributed by atoms with Crippen LogP contribution in [-0.2, 0) is 4.74 Å². The lowest BCUT2D eigenvalue weighted by Gasteiger charge is -2.50.